The van der Waals surface area contributed by atoms with Crippen molar-refractivity contribution in [2.75, 3.05) is 13.1 Å². The maximum atomic E-state index is 11.7. The van der Waals surface area contributed by atoms with E-state index < -0.39 is 5.97 Å². The minimum absolute atomic E-state index is 0.112. The Morgan fingerprint density at radius 3 is 2.25 bits per heavy atom. The molecule has 2 rings (SSSR count). The molecule has 0 aromatic rings. The van der Waals surface area contributed by atoms with E-state index in [0.29, 0.717) is 25.3 Å². The van der Waals surface area contributed by atoms with E-state index in [2.05, 4.69) is 10.6 Å². The lowest BCUT2D eigenvalue weighted by Crippen LogP contribution is -2.39. The molecule has 5 nitrogen and oxygen atoms in total. The van der Waals surface area contributed by atoms with Crippen LogP contribution in [0.2, 0.25) is 0 Å². The minimum atomic E-state index is -0.772. The smallest absolute Gasteiger partial charge is 0.314 e. The van der Waals surface area contributed by atoms with Gasteiger partial charge in [-0.15, -0.1) is 0 Å². The first-order valence-electron chi connectivity index (χ1n) is 7.82. The summed E-state index contributed by atoms with van der Waals surface area (Å²) in [5.41, 5.74) is 0. The molecule has 2 saturated carbocycles. The van der Waals surface area contributed by atoms with Crippen LogP contribution in [0, 0.1) is 23.7 Å². The van der Waals surface area contributed by atoms with E-state index in [1.165, 1.54) is 25.7 Å². The van der Waals surface area contributed by atoms with Gasteiger partial charge in [-0.05, 0) is 56.3 Å². The molecular weight excluding hydrogens is 256 g/mol. The molecule has 5 heteroatoms. The van der Waals surface area contributed by atoms with Crippen LogP contribution in [0.5, 0.6) is 0 Å². The fraction of sp³-hybridized carbons (Fsp3) is 0.867. The highest BCUT2D eigenvalue weighted by Gasteiger charge is 2.41. The lowest BCUT2D eigenvalue weighted by molar-refractivity contribution is -0.141. The molecule has 2 amide bonds. The third-order valence-corrected chi connectivity index (χ3v) is 4.47. The van der Waals surface area contributed by atoms with E-state index >= 15 is 0 Å². The van der Waals surface area contributed by atoms with Crippen LogP contribution in [-0.4, -0.2) is 30.2 Å². The number of rotatable bonds is 9. The fourth-order valence-corrected chi connectivity index (χ4v) is 2.77. The molecule has 0 saturated heterocycles. The number of nitrogens with one attached hydrogen (secondary N) is 2. The van der Waals surface area contributed by atoms with Crippen LogP contribution < -0.4 is 10.6 Å². The van der Waals surface area contributed by atoms with E-state index in [4.69, 9.17) is 5.11 Å². The highest BCUT2D eigenvalue weighted by Crippen LogP contribution is 2.48. The van der Waals surface area contributed by atoms with Gasteiger partial charge in [-0.3, -0.25) is 4.79 Å². The number of urea groups is 1. The monoisotopic (exact) mass is 282 g/mol. The Balaban J connectivity index is 1.52. The molecule has 20 heavy (non-hydrogen) atoms. The van der Waals surface area contributed by atoms with Crippen molar-refractivity contribution in [3.8, 4) is 0 Å². The molecular formula is C15H26N2O3. The first-order chi connectivity index (χ1) is 9.58. The zero-order valence-corrected chi connectivity index (χ0v) is 12.2. The van der Waals surface area contributed by atoms with Crippen LogP contribution in [0.15, 0.2) is 0 Å². The summed E-state index contributed by atoms with van der Waals surface area (Å²) in [6, 6.07) is -0.112. The molecule has 0 aliphatic heterocycles. The third kappa shape index (κ3) is 5.02. The van der Waals surface area contributed by atoms with Crippen molar-refractivity contribution in [3.63, 3.8) is 0 Å². The molecule has 2 aliphatic carbocycles. The van der Waals surface area contributed by atoms with Crippen molar-refractivity contribution in [3.05, 3.63) is 0 Å². The summed E-state index contributed by atoms with van der Waals surface area (Å²) in [6.45, 7) is 3.03. The summed E-state index contributed by atoms with van der Waals surface area (Å²) in [6.07, 6.45) is 6.63. The van der Waals surface area contributed by atoms with Crippen LogP contribution in [0.1, 0.15) is 45.4 Å². The Labute approximate surface area is 120 Å². The van der Waals surface area contributed by atoms with E-state index in [9.17, 15) is 9.59 Å². The molecule has 0 radical (unpaired) electrons. The van der Waals surface area contributed by atoms with Crippen molar-refractivity contribution in [1.82, 2.24) is 10.6 Å². The Hall–Kier alpha value is -1.26. The Morgan fingerprint density at radius 2 is 1.75 bits per heavy atom. The fourth-order valence-electron chi connectivity index (χ4n) is 2.77. The lowest BCUT2D eigenvalue weighted by atomic mass is 9.98. The number of hydrogen-bond donors (Lipinski definition) is 3. The highest BCUT2D eigenvalue weighted by molar-refractivity contribution is 5.73. The zero-order chi connectivity index (χ0) is 14.5. The van der Waals surface area contributed by atoms with Gasteiger partial charge >= 0.3 is 12.0 Å². The van der Waals surface area contributed by atoms with Crippen molar-refractivity contribution in [2.24, 2.45) is 23.7 Å². The number of carboxylic acids is 1. The molecule has 2 fully saturated rings. The van der Waals surface area contributed by atoms with Crippen molar-refractivity contribution >= 4 is 12.0 Å². The Morgan fingerprint density at radius 1 is 1.15 bits per heavy atom. The molecule has 0 heterocycles. The first-order valence-corrected chi connectivity index (χ1v) is 7.82. The van der Waals surface area contributed by atoms with Crippen molar-refractivity contribution < 1.29 is 14.7 Å². The summed E-state index contributed by atoms with van der Waals surface area (Å²) in [4.78, 5) is 22.3. The van der Waals surface area contributed by atoms with Crippen LogP contribution >= 0.6 is 0 Å². The predicted molar refractivity (Wildman–Crippen MR) is 76.4 cm³/mol. The van der Waals surface area contributed by atoms with Gasteiger partial charge in [0.1, 0.15) is 0 Å². The summed E-state index contributed by atoms with van der Waals surface area (Å²) < 4.78 is 0. The van der Waals surface area contributed by atoms with Gasteiger partial charge in [0.05, 0.1) is 5.92 Å². The quantitative estimate of drug-likeness (QED) is 0.567. The van der Waals surface area contributed by atoms with Crippen molar-refractivity contribution in [1.29, 1.82) is 0 Å². The summed E-state index contributed by atoms with van der Waals surface area (Å²) in [5.74, 6) is 1.27. The average molecular weight is 282 g/mol. The average Bonchev–Trinajstić information content (AvgIpc) is 3.26. The summed E-state index contributed by atoms with van der Waals surface area (Å²) >= 11 is 0. The largest absolute Gasteiger partial charge is 0.481 e. The number of carboxylic acid groups (broad SMARTS) is 1. The SMILES string of the molecule is CC(CCCNC(=O)NCC(C1CC1)C1CC1)C(=O)O. The molecule has 3 N–H and O–H groups in total. The van der Waals surface area contributed by atoms with Crippen LogP contribution in [0.25, 0.3) is 0 Å². The third-order valence-electron chi connectivity index (χ3n) is 4.47. The highest BCUT2D eigenvalue weighted by atomic mass is 16.4. The Kier molecular flexibility index (Phi) is 5.26. The number of hydrogen-bond acceptors (Lipinski definition) is 2. The molecule has 2 aliphatic rings. The molecule has 114 valence electrons. The molecule has 0 bridgehead atoms. The van der Waals surface area contributed by atoms with Gasteiger partial charge < -0.3 is 15.7 Å². The summed E-state index contributed by atoms with van der Waals surface area (Å²) in [7, 11) is 0. The maximum absolute atomic E-state index is 11.7. The topological polar surface area (TPSA) is 78.4 Å². The van der Waals surface area contributed by atoms with Gasteiger partial charge in [-0.25, -0.2) is 4.79 Å². The maximum Gasteiger partial charge on any atom is 0.314 e. The number of aliphatic carboxylic acids is 1. The van der Waals surface area contributed by atoms with Gasteiger partial charge in [0, 0.05) is 13.1 Å². The van der Waals surface area contributed by atoms with Crippen molar-refractivity contribution in [2.45, 2.75) is 45.4 Å². The van der Waals surface area contributed by atoms with E-state index in [-0.39, 0.29) is 11.9 Å². The predicted octanol–water partition coefficient (Wildman–Crippen LogP) is 2.22. The standard InChI is InChI=1S/C15H26N2O3/c1-10(14(18)19)3-2-8-16-15(20)17-9-13(11-4-5-11)12-6-7-12/h10-13H,2-9H2,1H3,(H,18,19)(H2,16,17,20). The van der Waals surface area contributed by atoms with E-state index in [1.807, 2.05) is 0 Å². The molecule has 0 spiro atoms. The molecule has 1 unspecified atom stereocenters. The van der Waals surface area contributed by atoms with Gasteiger partial charge in [-0.2, -0.15) is 0 Å². The second-order valence-electron chi connectivity index (χ2n) is 6.36. The lowest BCUT2D eigenvalue weighted by Gasteiger charge is -2.16. The van der Waals surface area contributed by atoms with Gasteiger partial charge in [0.15, 0.2) is 0 Å². The van der Waals surface area contributed by atoms with Gasteiger partial charge in [0.2, 0.25) is 0 Å². The number of amides is 2. The zero-order valence-electron chi connectivity index (χ0n) is 12.2. The van der Waals surface area contributed by atoms with Crippen LogP contribution in [0.4, 0.5) is 4.79 Å². The van der Waals surface area contributed by atoms with Crippen LogP contribution in [0.3, 0.4) is 0 Å². The Bertz CT molecular complexity index is 339. The molecule has 0 aromatic heterocycles. The van der Waals surface area contributed by atoms with E-state index in [1.54, 1.807) is 6.92 Å². The normalized spacial score (nSPS) is 19.7. The summed E-state index contributed by atoms with van der Waals surface area (Å²) in [5, 5.41) is 14.5. The van der Waals surface area contributed by atoms with E-state index in [0.717, 1.165) is 18.4 Å². The van der Waals surface area contributed by atoms with Crippen LogP contribution in [-0.2, 0) is 4.79 Å². The minimum Gasteiger partial charge on any atom is -0.481 e. The number of carbonyl (C=O) groups excluding carboxylic acids is 1. The second kappa shape index (κ2) is 6.95. The van der Waals surface area contributed by atoms with Gasteiger partial charge in [0.25, 0.3) is 0 Å². The second-order valence-corrected chi connectivity index (χ2v) is 6.36. The molecule has 1 atom stereocenters. The first kappa shape index (κ1) is 15.1. The molecule has 0 aromatic carbocycles. The van der Waals surface area contributed by atoms with Gasteiger partial charge in [-0.1, -0.05) is 6.92 Å². The number of carbonyl (C=O) groups is 2.